The van der Waals surface area contributed by atoms with Crippen LogP contribution in [0.4, 0.5) is 11.6 Å². The lowest BCUT2D eigenvalue weighted by atomic mass is 10.2. The van der Waals surface area contributed by atoms with Crippen molar-refractivity contribution in [3.8, 4) is 5.75 Å². The number of guanidine groups is 1. The Balaban J connectivity index is 1.73. The molecule has 0 unspecified atom stereocenters. The van der Waals surface area contributed by atoms with Crippen molar-refractivity contribution in [3.63, 3.8) is 0 Å². The van der Waals surface area contributed by atoms with Crippen LogP contribution in [0.5, 0.6) is 5.75 Å². The fourth-order valence-electron chi connectivity index (χ4n) is 2.67. The summed E-state index contributed by atoms with van der Waals surface area (Å²) >= 11 is 0. The third-order valence-corrected chi connectivity index (χ3v) is 4.05. The number of nitrogens with one attached hydrogen (secondary N) is 2. The highest BCUT2D eigenvalue weighted by atomic mass is 16.6. The zero-order valence-corrected chi connectivity index (χ0v) is 15.6. The van der Waals surface area contributed by atoms with Crippen molar-refractivity contribution in [2.24, 2.45) is 5.73 Å². The molecule has 2 aromatic carbocycles. The molecule has 1 aromatic heterocycles. The van der Waals surface area contributed by atoms with Gasteiger partial charge in [-0.2, -0.15) is 4.98 Å². The molecule has 0 atom stereocenters. The first-order valence-corrected chi connectivity index (χ1v) is 8.74. The van der Waals surface area contributed by atoms with Crippen LogP contribution in [0.15, 0.2) is 42.5 Å². The standard InChI is InChI=1S/C19H20N6O3/c1-3-28-15-8-9-17-16(10-15)12(2)22-19(23-17)24-18(20)21-11-13-4-6-14(7-5-13)25(26)27/h4-10H,3,11H2,1-2H3,(H3,20,21,22,23,24)/p+1. The van der Waals surface area contributed by atoms with Crippen molar-refractivity contribution >= 4 is 28.5 Å². The number of aryl methyl sites for hydroxylation is 1. The highest BCUT2D eigenvalue weighted by Gasteiger charge is 2.10. The SMILES string of the molecule is CCOc1ccc2nc(NC(N)=[NH+]Cc3ccc([N+](=O)[O-])cc3)nc(C)c2c1. The van der Waals surface area contributed by atoms with E-state index in [9.17, 15) is 10.1 Å². The van der Waals surface area contributed by atoms with Gasteiger partial charge in [-0.25, -0.2) is 10.3 Å². The molecule has 4 N–H and O–H groups in total. The summed E-state index contributed by atoms with van der Waals surface area (Å²) in [6, 6.07) is 11.9. The number of fused-ring (bicyclic) bond motifs is 1. The van der Waals surface area contributed by atoms with E-state index in [4.69, 9.17) is 10.5 Å². The minimum Gasteiger partial charge on any atom is -0.494 e. The second-order valence-electron chi connectivity index (χ2n) is 6.06. The Bertz CT molecular complexity index is 1030. The van der Waals surface area contributed by atoms with Crippen LogP contribution in [0, 0.1) is 17.0 Å². The van der Waals surface area contributed by atoms with Crippen LogP contribution in [0.25, 0.3) is 10.9 Å². The molecule has 0 saturated heterocycles. The molecular formula is C19H21N6O3+. The van der Waals surface area contributed by atoms with E-state index in [2.05, 4.69) is 20.3 Å². The number of aromatic nitrogens is 2. The van der Waals surface area contributed by atoms with E-state index in [1.54, 1.807) is 12.1 Å². The fraction of sp³-hybridized carbons (Fsp3) is 0.211. The monoisotopic (exact) mass is 381 g/mol. The van der Waals surface area contributed by atoms with E-state index in [0.717, 1.165) is 27.9 Å². The maximum absolute atomic E-state index is 10.7. The molecule has 3 rings (SSSR count). The number of nitrogens with zero attached hydrogens (tertiary/aromatic N) is 3. The van der Waals surface area contributed by atoms with E-state index in [1.807, 2.05) is 32.0 Å². The highest BCUT2D eigenvalue weighted by Crippen LogP contribution is 2.22. The zero-order valence-electron chi connectivity index (χ0n) is 15.6. The lowest BCUT2D eigenvalue weighted by molar-refractivity contribution is -0.476. The van der Waals surface area contributed by atoms with Gasteiger partial charge in [0.25, 0.3) is 11.6 Å². The number of benzene rings is 2. The Morgan fingerprint density at radius 3 is 2.68 bits per heavy atom. The van der Waals surface area contributed by atoms with Gasteiger partial charge in [0.2, 0.25) is 0 Å². The summed E-state index contributed by atoms with van der Waals surface area (Å²) in [5.74, 6) is 1.43. The van der Waals surface area contributed by atoms with Gasteiger partial charge in [0, 0.05) is 17.5 Å². The maximum atomic E-state index is 10.7. The van der Waals surface area contributed by atoms with Crippen molar-refractivity contribution in [1.82, 2.24) is 9.97 Å². The van der Waals surface area contributed by atoms with E-state index in [1.165, 1.54) is 12.1 Å². The van der Waals surface area contributed by atoms with Crippen LogP contribution in [0.3, 0.4) is 0 Å². The number of ether oxygens (including phenoxy) is 1. The first-order valence-electron chi connectivity index (χ1n) is 8.74. The maximum Gasteiger partial charge on any atom is 0.348 e. The second-order valence-corrected chi connectivity index (χ2v) is 6.06. The number of nitrogens with two attached hydrogens (primary N) is 1. The molecule has 0 fully saturated rings. The number of hydrogen-bond acceptors (Lipinski definition) is 5. The molecule has 0 saturated carbocycles. The summed E-state index contributed by atoms with van der Waals surface area (Å²) in [5, 5.41) is 14.5. The second kappa shape index (κ2) is 8.30. The molecule has 0 spiro atoms. The molecule has 3 aromatic rings. The fourth-order valence-corrected chi connectivity index (χ4v) is 2.67. The van der Waals surface area contributed by atoms with Gasteiger partial charge in [0.1, 0.15) is 5.75 Å². The largest absolute Gasteiger partial charge is 0.494 e. The molecule has 0 amide bonds. The van der Waals surface area contributed by atoms with Gasteiger partial charge in [-0.3, -0.25) is 20.8 Å². The predicted molar refractivity (Wildman–Crippen MR) is 106 cm³/mol. The number of nitro benzene ring substituents is 1. The quantitative estimate of drug-likeness (QED) is 0.253. The molecule has 0 radical (unpaired) electrons. The van der Waals surface area contributed by atoms with Crippen LogP contribution in [-0.2, 0) is 6.54 Å². The Hall–Kier alpha value is -3.75. The van der Waals surface area contributed by atoms with Crippen LogP contribution in [-0.4, -0.2) is 27.5 Å². The van der Waals surface area contributed by atoms with Gasteiger partial charge in [0.15, 0.2) is 0 Å². The third kappa shape index (κ3) is 4.50. The summed E-state index contributed by atoms with van der Waals surface area (Å²) < 4.78 is 5.52. The van der Waals surface area contributed by atoms with Crippen molar-refractivity contribution in [1.29, 1.82) is 0 Å². The van der Waals surface area contributed by atoms with Crippen LogP contribution in [0.2, 0.25) is 0 Å². The van der Waals surface area contributed by atoms with Gasteiger partial charge >= 0.3 is 5.96 Å². The Labute approximate surface area is 161 Å². The van der Waals surface area contributed by atoms with E-state index >= 15 is 0 Å². The van der Waals surface area contributed by atoms with Crippen LogP contribution < -0.4 is 20.8 Å². The molecule has 0 bridgehead atoms. The van der Waals surface area contributed by atoms with Crippen molar-refractivity contribution in [3.05, 3.63) is 63.8 Å². The lowest BCUT2D eigenvalue weighted by Crippen LogP contribution is -2.75. The predicted octanol–water partition coefficient (Wildman–Crippen LogP) is 1.25. The molecule has 0 aliphatic heterocycles. The smallest absolute Gasteiger partial charge is 0.348 e. The number of hydrogen-bond donors (Lipinski definition) is 3. The molecule has 1 heterocycles. The van der Waals surface area contributed by atoms with Crippen molar-refractivity contribution < 1.29 is 14.7 Å². The molecule has 9 nitrogen and oxygen atoms in total. The summed E-state index contributed by atoms with van der Waals surface area (Å²) in [6.45, 7) is 4.83. The summed E-state index contributed by atoms with van der Waals surface area (Å²) in [7, 11) is 0. The Morgan fingerprint density at radius 2 is 2.00 bits per heavy atom. The number of nitro groups is 1. The minimum absolute atomic E-state index is 0.0476. The topological polar surface area (TPSA) is 130 Å². The average Bonchev–Trinajstić information content (AvgIpc) is 2.67. The molecule has 0 aliphatic rings. The minimum atomic E-state index is -0.435. The zero-order chi connectivity index (χ0) is 20.1. The summed E-state index contributed by atoms with van der Waals surface area (Å²) in [4.78, 5) is 22.2. The van der Waals surface area contributed by atoms with Crippen LogP contribution in [0.1, 0.15) is 18.2 Å². The van der Waals surface area contributed by atoms with Gasteiger partial charge in [-0.05, 0) is 49.7 Å². The van der Waals surface area contributed by atoms with Gasteiger partial charge < -0.3 is 4.74 Å². The number of non-ortho nitro benzene ring substituents is 1. The Kier molecular flexibility index (Phi) is 5.64. The number of rotatable bonds is 6. The molecule has 144 valence electrons. The molecule has 28 heavy (non-hydrogen) atoms. The molecule has 9 heteroatoms. The molecule has 0 aliphatic carbocycles. The van der Waals surface area contributed by atoms with E-state index < -0.39 is 4.92 Å². The van der Waals surface area contributed by atoms with E-state index in [-0.39, 0.29) is 11.6 Å². The first-order chi connectivity index (χ1) is 13.5. The highest BCUT2D eigenvalue weighted by molar-refractivity contribution is 5.88. The van der Waals surface area contributed by atoms with Gasteiger partial charge in [-0.1, -0.05) is 0 Å². The summed E-state index contributed by atoms with van der Waals surface area (Å²) in [6.07, 6.45) is 0. The normalized spacial score (nSPS) is 11.4. The van der Waals surface area contributed by atoms with Gasteiger partial charge in [0.05, 0.1) is 29.3 Å². The Morgan fingerprint density at radius 1 is 1.25 bits per heavy atom. The lowest BCUT2D eigenvalue weighted by Gasteiger charge is -2.07. The first kappa shape index (κ1) is 19.0. The summed E-state index contributed by atoms with van der Waals surface area (Å²) in [5.41, 5.74) is 8.46. The van der Waals surface area contributed by atoms with Gasteiger partial charge in [-0.15, -0.1) is 0 Å². The van der Waals surface area contributed by atoms with Crippen LogP contribution >= 0.6 is 0 Å². The average molecular weight is 381 g/mol. The van der Waals surface area contributed by atoms with Crippen molar-refractivity contribution in [2.75, 3.05) is 11.9 Å². The molecular weight excluding hydrogens is 360 g/mol. The van der Waals surface area contributed by atoms with Crippen molar-refractivity contribution in [2.45, 2.75) is 20.4 Å². The number of anilines is 1. The van der Waals surface area contributed by atoms with E-state index in [0.29, 0.717) is 19.1 Å². The third-order valence-electron chi connectivity index (χ3n) is 4.05.